The number of nitrogens with one attached hydrogen (secondary N) is 1. The van der Waals surface area contributed by atoms with Crippen molar-refractivity contribution in [3.05, 3.63) is 28.5 Å². The standard InChI is InChI=1S/C19H23NO3S/c21-17(12-23-18(22)4-3-16-2-1-5-24-16)20-19-9-13-6-14(10-19)8-15(7-13)11-19/h1-5,13-15H,6-12H2,(H,20,21). The molecule has 4 aliphatic carbocycles. The molecule has 1 aromatic heterocycles. The van der Waals surface area contributed by atoms with Crippen molar-refractivity contribution < 1.29 is 14.3 Å². The van der Waals surface area contributed by atoms with Crippen LogP contribution >= 0.6 is 11.3 Å². The van der Waals surface area contributed by atoms with Gasteiger partial charge in [0, 0.05) is 16.5 Å². The number of carbonyl (C=O) groups is 2. The number of esters is 1. The van der Waals surface area contributed by atoms with E-state index in [1.807, 2.05) is 17.5 Å². The zero-order chi connectivity index (χ0) is 16.6. The molecule has 0 atom stereocenters. The molecule has 1 N–H and O–H groups in total. The van der Waals surface area contributed by atoms with Crippen molar-refractivity contribution in [1.29, 1.82) is 0 Å². The fourth-order valence-corrected chi connectivity index (χ4v) is 5.93. The van der Waals surface area contributed by atoms with Gasteiger partial charge in [0.2, 0.25) is 0 Å². The van der Waals surface area contributed by atoms with Crippen molar-refractivity contribution >= 4 is 29.3 Å². The lowest BCUT2D eigenvalue weighted by Crippen LogP contribution is -2.60. The molecule has 5 rings (SSSR count). The van der Waals surface area contributed by atoms with E-state index in [9.17, 15) is 9.59 Å². The van der Waals surface area contributed by atoms with Crippen LogP contribution in [-0.4, -0.2) is 24.0 Å². The Hall–Kier alpha value is -1.62. The van der Waals surface area contributed by atoms with Crippen LogP contribution in [0.25, 0.3) is 6.08 Å². The molecule has 0 aromatic carbocycles. The Balaban J connectivity index is 1.27. The highest BCUT2D eigenvalue weighted by molar-refractivity contribution is 7.10. The van der Waals surface area contributed by atoms with E-state index >= 15 is 0 Å². The molecule has 4 fully saturated rings. The summed E-state index contributed by atoms with van der Waals surface area (Å²) in [5, 5.41) is 5.16. The summed E-state index contributed by atoms with van der Waals surface area (Å²) in [7, 11) is 0. The van der Waals surface area contributed by atoms with E-state index in [1.54, 1.807) is 17.4 Å². The number of ether oxygens (including phenoxy) is 1. The topological polar surface area (TPSA) is 55.4 Å². The molecule has 0 unspecified atom stereocenters. The van der Waals surface area contributed by atoms with Crippen molar-refractivity contribution in [2.45, 2.75) is 44.1 Å². The van der Waals surface area contributed by atoms with Gasteiger partial charge in [0.1, 0.15) is 0 Å². The van der Waals surface area contributed by atoms with Crippen LogP contribution in [0.1, 0.15) is 43.4 Å². The minimum Gasteiger partial charge on any atom is -0.452 e. The zero-order valence-electron chi connectivity index (χ0n) is 13.7. The van der Waals surface area contributed by atoms with Crippen LogP contribution in [0, 0.1) is 17.8 Å². The van der Waals surface area contributed by atoms with Crippen LogP contribution < -0.4 is 5.32 Å². The van der Waals surface area contributed by atoms with Crippen LogP contribution in [0.3, 0.4) is 0 Å². The maximum Gasteiger partial charge on any atom is 0.331 e. The van der Waals surface area contributed by atoms with E-state index in [-0.39, 0.29) is 18.1 Å². The molecule has 1 aromatic rings. The molecule has 4 aliphatic rings. The molecule has 24 heavy (non-hydrogen) atoms. The summed E-state index contributed by atoms with van der Waals surface area (Å²) < 4.78 is 5.08. The Bertz CT molecular complexity index is 614. The van der Waals surface area contributed by atoms with E-state index in [0.29, 0.717) is 0 Å². The average molecular weight is 345 g/mol. The van der Waals surface area contributed by atoms with Gasteiger partial charge in [-0.25, -0.2) is 4.79 Å². The van der Waals surface area contributed by atoms with E-state index in [1.165, 1.54) is 25.3 Å². The Morgan fingerprint density at radius 2 is 1.88 bits per heavy atom. The summed E-state index contributed by atoms with van der Waals surface area (Å²) in [4.78, 5) is 25.0. The van der Waals surface area contributed by atoms with Crippen molar-refractivity contribution in [2.75, 3.05) is 6.61 Å². The van der Waals surface area contributed by atoms with Gasteiger partial charge in [-0.2, -0.15) is 0 Å². The van der Waals surface area contributed by atoms with Gasteiger partial charge < -0.3 is 10.1 Å². The van der Waals surface area contributed by atoms with Gasteiger partial charge in [-0.3, -0.25) is 4.79 Å². The molecule has 1 amide bonds. The fourth-order valence-electron chi connectivity index (χ4n) is 5.32. The maximum atomic E-state index is 12.3. The lowest BCUT2D eigenvalue weighted by Gasteiger charge is -2.56. The first kappa shape index (κ1) is 15.9. The first-order valence-electron chi connectivity index (χ1n) is 8.80. The fraction of sp³-hybridized carbons (Fsp3) is 0.579. The second kappa shape index (κ2) is 6.36. The molecule has 1 heterocycles. The number of rotatable bonds is 5. The molecular formula is C19H23NO3S. The number of hydrogen-bond acceptors (Lipinski definition) is 4. The third-order valence-electron chi connectivity index (χ3n) is 5.72. The Kier molecular flexibility index (Phi) is 4.21. The van der Waals surface area contributed by atoms with Gasteiger partial charge >= 0.3 is 5.97 Å². The quantitative estimate of drug-likeness (QED) is 0.657. The van der Waals surface area contributed by atoms with Gasteiger partial charge in [-0.1, -0.05) is 6.07 Å². The van der Waals surface area contributed by atoms with Crippen molar-refractivity contribution in [2.24, 2.45) is 17.8 Å². The molecule has 4 saturated carbocycles. The third-order valence-corrected chi connectivity index (χ3v) is 6.55. The minimum atomic E-state index is -0.468. The molecule has 0 aliphatic heterocycles. The first-order chi connectivity index (χ1) is 11.6. The zero-order valence-corrected chi connectivity index (χ0v) is 14.5. The molecule has 4 nitrogen and oxygen atoms in total. The average Bonchev–Trinajstić information content (AvgIpc) is 3.02. The van der Waals surface area contributed by atoms with Crippen LogP contribution in [0.2, 0.25) is 0 Å². The smallest absolute Gasteiger partial charge is 0.331 e. The van der Waals surface area contributed by atoms with Crippen molar-refractivity contribution in [3.63, 3.8) is 0 Å². The Labute approximate surface area is 146 Å². The summed E-state index contributed by atoms with van der Waals surface area (Å²) in [6, 6.07) is 3.85. The van der Waals surface area contributed by atoms with E-state index in [4.69, 9.17) is 4.74 Å². The number of carbonyl (C=O) groups excluding carboxylic acids is 2. The highest BCUT2D eigenvalue weighted by atomic mass is 32.1. The molecule has 128 valence electrons. The highest BCUT2D eigenvalue weighted by Gasteiger charge is 2.51. The summed E-state index contributed by atoms with van der Waals surface area (Å²) in [5.41, 5.74) is -0.0228. The van der Waals surface area contributed by atoms with Crippen molar-refractivity contribution in [1.82, 2.24) is 5.32 Å². The third kappa shape index (κ3) is 3.41. The molecule has 0 radical (unpaired) electrons. The Morgan fingerprint density at radius 3 is 2.46 bits per heavy atom. The molecule has 0 saturated heterocycles. The van der Waals surface area contributed by atoms with Crippen LogP contribution in [0.4, 0.5) is 0 Å². The predicted octanol–water partition coefficient (Wildman–Crippen LogP) is 3.39. The molecule has 4 bridgehead atoms. The lowest BCUT2D eigenvalue weighted by atomic mass is 9.53. The largest absolute Gasteiger partial charge is 0.452 e. The second-order valence-corrected chi connectivity index (χ2v) is 8.68. The number of thiophene rings is 1. The van der Waals surface area contributed by atoms with Crippen LogP contribution in [0.5, 0.6) is 0 Å². The summed E-state index contributed by atoms with van der Waals surface area (Å²) in [6.45, 7) is -0.185. The van der Waals surface area contributed by atoms with E-state index in [0.717, 1.165) is 41.9 Å². The normalized spacial score (nSPS) is 33.8. The SMILES string of the molecule is O=C(COC(=O)C=Cc1cccs1)NC12CC3CC(CC(C3)C1)C2. The monoisotopic (exact) mass is 345 g/mol. The van der Waals surface area contributed by atoms with Gasteiger partial charge in [0.25, 0.3) is 5.91 Å². The van der Waals surface area contributed by atoms with Gasteiger partial charge in [0.05, 0.1) is 0 Å². The molecule has 5 heteroatoms. The predicted molar refractivity (Wildman–Crippen MR) is 93.4 cm³/mol. The highest BCUT2D eigenvalue weighted by Crippen LogP contribution is 2.55. The molecule has 0 spiro atoms. The maximum absolute atomic E-state index is 12.3. The van der Waals surface area contributed by atoms with E-state index in [2.05, 4.69) is 5.32 Å². The lowest BCUT2D eigenvalue weighted by molar-refractivity contribution is -0.145. The van der Waals surface area contributed by atoms with Crippen molar-refractivity contribution in [3.8, 4) is 0 Å². The second-order valence-electron chi connectivity index (χ2n) is 7.70. The summed E-state index contributed by atoms with van der Waals surface area (Å²) in [5.74, 6) is 1.73. The first-order valence-corrected chi connectivity index (χ1v) is 9.68. The molecular weight excluding hydrogens is 322 g/mol. The Morgan fingerprint density at radius 1 is 1.21 bits per heavy atom. The number of hydrogen-bond donors (Lipinski definition) is 1. The minimum absolute atomic E-state index is 0.0228. The van der Waals surface area contributed by atoms with Crippen LogP contribution in [-0.2, 0) is 14.3 Å². The summed E-state index contributed by atoms with van der Waals surface area (Å²) >= 11 is 1.55. The van der Waals surface area contributed by atoms with E-state index < -0.39 is 5.97 Å². The van der Waals surface area contributed by atoms with Crippen LogP contribution in [0.15, 0.2) is 23.6 Å². The number of amides is 1. The summed E-state index contributed by atoms with van der Waals surface area (Å²) in [6.07, 6.45) is 10.4. The van der Waals surface area contributed by atoms with Gasteiger partial charge in [-0.15, -0.1) is 11.3 Å². The van der Waals surface area contributed by atoms with Gasteiger partial charge in [0.15, 0.2) is 6.61 Å². The van der Waals surface area contributed by atoms with Gasteiger partial charge in [-0.05, 0) is 73.8 Å².